The number of carbonyl (C=O) groups excluding carboxylic acids is 1. The molecule has 0 aliphatic heterocycles. The lowest BCUT2D eigenvalue weighted by Gasteiger charge is -2.22. The van der Waals surface area contributed by atoms with Crippen molar-refractivity contribution in [3.05, 3.63) is 35.0 Å². The lowest BCUT2D eigenvalue weighted by atomic mass is 9.88. The number of hydrogen-bond acceptors (Lipinski definition) is 2. The van der Waals surface area contributed by atoms with Gasteiger partial charge in [-0.1, -0.05) is 36.6 Å². The first kappa shape index (κ1) is 11.5. The summed E-state index contributed by atoms with van der Waals surface area (Å²) in [5.74, 6) is 0. The van der Waals surface area contributed by atoms with Crippen LogP contribution < -0.4 is 0 Å². The third kappa shape index (κ3) is 1.67. The third-order valence-electron chi connectivity index (χ3n) is 3.86. The van der Waals surface area contributed by atoms with E-state index in [1.54, 1.807) is 12.3 Å². The first-order chi connectivity index (χ1) is 8.75. The fraction of sp³-hybridized carbons (Fsp3) is 0.357. The third-order valence-corrected chi connectivity index (χ3v) is 4.17. The molecular formula is C14H13ClN2O. The van der Waals surface area contributed by atoms with Crippen molar-refractivity contribution in [2.75, 3.05) is 0 Å². The normalized spacial score (nSPS) is 17.8. The maximum Gasteiger partial charge on any atom is 0.235 e. The van der Waals surface area contributed by atoms with Crippen LogP contribution in [0.15, 0.2) is 29.4 Å². The highest BCUT2D eigenvalue weighted by molar-refractivity contribution is 6.35. The van der Waals surface area contributed by atoms with Crippen LogP contribution in [0.4, 0.5) is 0 Å². The summed E-state index contributed by atoms with van der Waals surface area (Å²) in [5, 5.41) is 1.72. The van der Waals surface area contributed by atoms with Gasteiger partial charge in [-0.15, -0.1) is 0 Å². The van der Waals surface area contributed by atoms with E-state index < -0.39 is 0 Å². The summed E-state index contributed by atoms with van der Waals surface area (Å²) in [6, 6.07) is 6.06. The molecule has 1 fully saturated rings. The predicted octanol–water partition coefficient (Wildman–Crippen LogP) is 3.93. The number of aromatic nitrogens is 1. The minimum Gasteiger partial charge on any atom is -0.360 e. The molecule has 92 valence electrons. The molecule has 0 saturated heterocycles. The zero-order valence-electron chi connectivity index (χ0n) is 9.87. The Morgan fingerprint density at radius 1 is 1.33 bits per heavy atom. The largest absolute Gasteiger partial charge is 0.360 e. The summed E-state index contributed by atoms with van der Waals surface area (Å²) in [5.41, 5.74) is 1.70. The van der Waals surface area contributed by atoms with Gasteiger partial charge in [0.05, 0.1) is 10.6 Å². The Morgan fingerprint density at radius 2 is 2.11 bits per heavy atom. The standard InChI is InChI=1S/C14H13ClN2O/c15-12-8-16-13-7-10(3-4-11(12)13)14(17-9-18)5-1-2-6-14/h3-4,7-8,16H,1-2,5-6H2. The SMILES string of the molecule is O=C=NC1(c2ccc3c(Cl)c[nH]c3c2)CCCC1. The minimum atomic E-state index is -0.368. The van der Waals surface area contributed by atoms with Crippen molar-refractivity contribution in [1.29, 1.82) is 0 Å². The van der Waals surface area contributed by atoms with E-state index in [0.717, 1.165) is 47.2 Å². The summed E-state index contributed by atoms with van der Waals surface area (Å²) in [7, 11) is 0. The van der Waals surface area contributed by atoms with Gasteiger partial charge < -0.3 is 4.98 Å². The van der Waals surface area contributed by atoms with Crippen molar-refractivity contribution in [3.63, 3.8) is 0 Å². The van der Waals surface area contributed by atoms with Gasteiger partial charge in [0.2, 0.25) is 6.08 Å². The average molecular weight is 261 g/mol. The summed E-state index contributed by atoms with van der Waals surface area (Å²) in [6.07, 6.45) is 7.57. The van der Waals surface area contributed by atoms with Crippen molar-refractivity contribution in [1.82, 2.24) is 4.98 Å². The number of fused-ring (bicyclic) bond motifs is 1. The molecule has 3 rings (SSSR count). The molecule has 0 spiro atoms. The van der Waals surface area contributed by atoms with Crippen LogP contribution in [-0.2, 0) is 10.3 Å². The van der Waals surface area contributed by atoms with Crippen LogP contribution in [0.3, 0.4) is 0 Å². The van der Waals surface area contributed by atoms with E-state index in [2.05, 4.69) is 9.98 Å². The second-order valence-corrected chi connectivity index (χ2v) is 5.25. The number of H-pyrrole nitrogens is 1. The van der Waals surface area contributed by atoms with Gasteiger partial charge in [0.15, 0.2) is 0 Å². The number of rotatable bonds is 2. The van der Waals surface area contributed by atoms with Gasteiger partial charge in [-0.2, -0.15) is 4.99 Å². The summed E-state index contributed by atoms with van der Waals surface area (Å²) in [6.45, 7) is 0. The maximum atomic E-state index is 10.7. The number of aromatic amines is 1. The van der Waals surface area contributed by atoms with Crippen LogP contribution in [0.5, 0.6) is 0 Å². The molecule has 1 aliphatic carbocycles. The topological polar surface area (TPSA) is 45.2 Å². The first-order valence-electron chi connectivity index (χ1n) is 6.11. The monoisotopic (exact) mass is 260 g/mol. The van der Waals surface area contributed by atoms with Gasteiger partial charge in [-0.05, 0) is 24.5 Å². The van der Waals surface area contributed by atoms with Crippen molar-refractivity contribution in [2.45, 2.75) is 31.2 Å². The molecule has 4 heteroatoms. The van der Waals surface area contributed by atoms with Gasteiger partial charge in [0.1, 0.15) is 0 Å². The van der Waals surface area contributed by atoms with E-state index in [1.165, 1.54) is 0 Å². The number of halogens is 1. The molecule has 18 heavy (non-hydrogen) atoms. The number of nitrogens with one attached hydrogen (secondary N) is 1. The van der Waals surface area contributed by atoms with E-state index in [-0.39, 0.29) is 5.54 Å². The Morgan fingerprint density at radius 3 is 2.83 bits per heavy atom. The zero-order chi connectivity index (χ0) is 12.6. The van der Waals surface area contributed by atoms with E-state index in [1.807, 2.05) is 18.2 Å². The van der Waals surface area contributed by atoms with Crippen molar-refractivity contribution in [2.24, 2.45) is 4.99 Å². The van der Waals surface area contributed by atoms with E-state index in [9.17, 15) is 4.79 Å². The van der Waals surface area contributed by atoms with Gasteiger partial charge in [-0.3, -0.25) is 0 Å². The molecule has 1 heterocycles. The molecule has 1 saturated carbocycles. The Balaban J connectivity index is 2.15. The molecule has 0 atom stereocenters. The molecule has 1 aromatic carbocycles. The van der Waals surface area contributed by atoms with Crippen LogP contribution in [0.1, 0.15) is 31.2 Å². The second-order valence-electron chi connectivity index (χ2n) is 4.84. The van der Waals surface area contributed by atoms with Crippen LogP contribution in [0.2, 0.25) is 5.02 Å². The first-order valence-corrected chi connectivity index (χ1v) is 6.49. The van der Waals surface area contributed by atoms with Gasteiger partial charge in [0, 0.05) is 17.1 Å². The highest BCUT2D eigenvalue weighted by Crippen LogP contribution is 2.43. The number of isocyanates is 1. The zero-order valence-corrected chi connectivity index (χ0v) is 10.6. The molecule has 0 bridgehead atoms. The number of benzene rings is 1. The molecule has 0 amide bonds. The quantitative estimate of drug-likeness (QED) is 0.645. The molecule has 1 N–H and O–H groups in total. The average Bonchev–Trinajstić information content (AvgIpc) is 2.98. The maximum absolute atomic E-state index is 10.7. The summed E-state index contributed by atoms with van der Waals surface area (Å²) in [4.78, 5) is 17.9. The Hall–Kier alpha value is -1.57. The molecule has 2 aromatic rings. The number of hydrogen-bond donors (Lipinski definition) is 1. The van der Waals surface area contributed by atoms with Gasteiger partial charge in [0.25, 0.3) is 0 Å². The van der Waals surface area contributed by atoms with Crippen molar-refractivity contribution < 1.29 is 4.79 Å². The lowest BCUT2D eigenvalue weighted by molar-refractivity contribution is 0.456. The summed E-state index contributed by atoms with van der Waals surface area (Å²) >= 11 is 6.06. The van der Waals surface area contributed by atoms with Crippen LogP contribution >= 0.6 is 11.6 Å². The van der Waals surface area contributed by atoms with E-state index in [0.29, 0.717) is 0 Å². The Bertz CT molecular complexity index is 634. The molecule has 3 nitrogen and oxygen atoms in total. The molecule has 0 radical (unpaired) electrons. The fourth-order valence-electron chi connectivity index (χ4n) is 2.89. The molecule has 0 unspecified atom stereocenters. The van der Waals surface area contributed by atoms with Gasteiger partial charge >= 0.3 is 0 Å². The Kier molecular flexibility index (Phi) is 2.73. The van der Waals surface area contributed by atoms with Crippen LogP contribution in [0.25, 0.3) is 10.9 Å². The van der Waals surface area contributed by atoms with Crippen molar-refractivity contribution >= 4 is 28.6 Å². The smallest absolute Gasteiger partial charge is 0.235 e. The molecular weight excluding hydrogens is 248 g/mol. The predicted molar refractivity (Wildman–Crippen MR) is 71.6 cm³/mol. The number of nitrogens with zero attached hydrogens (tertiary/aromatic N) is 1. The molecule has 1 aromatic heterocycles. The summed E-state index contributed by atoms with van der Waals surface area (Å²) < 4.78 is 0. The highest BCUT2D eigenvalue weighted by Gasteiger charge is 2.35. The number of aliphatic imine (C=N–C) groups is 1. The highest BCUT2D eigenvalue weighted by atomic mass is 35.5. The van der Waals surface area contributed by atoms with Crippen LogP contribution in [0, 0.1) is 0 Å². The molecule has 1 aliphatic rings. The minimum absolute atomic E-state index is 0.368. The Labute approximate surface area is 110 Å². The van der Waals surface area contributed by atoms with Crippen LogP contribution in [-0.4, -0.2) is 11.1 Å². The second kappa shape index (κ2) is 4.27. The van der Waals surface area contributed by atoms with Gasteiger partial charge in [-0.25, -0.2) is 4.79 Å². The fourth-order valence-corrected chi connectivity index (χ4v) is 3.11. The van der Waals surface area contributed by atoms with E-state index in [4.69, 9.17) is 11.6 Å². The van der Waals surface area contributed by atoms with E-state index >= 15 is 0 Å². The lowest BCUT2D eigenvalue weighted by Crippen LogP contribution is -2.18. The van der Waals surface area contributed by atoms with Crippen molar-refractivity contribution in [3.8, 4) is 0 Å².